The zero-order valence-electron chi connectivity index (χ0n) is 13.1. The molecule has 3 heterocycles. The van der Waals surface area contributed by atoms with E-state index in [1.807, 2.05) is 0 Å². The van der Waals surface area contributed by atoms with Crippen LogP contribution >= 0.6 is 11.8 Å². The molecular weight excluding hydrogens is 268 g/mol. The Balaban J connectivity index is 1.61. The minimum absolute atomic E-state index is 0.231. The molecule has 116 valence electrons. The second-order valence-electron chi connectivity index (χ2n) is 6.83. The van der Waals surface area contributed by atoms with E-state index in [0.717, 1.165) is 24.6 Å². The normalized spacial score (nSPS) is 43.2. The molecular formula is C16H30N2OS. The fourth-order valence-electron chi connectivity index (χ4n) is 4.36. The Hall–Kier alpha value is 0.230. The molecule has 3 aliphatic heterocycles. The smallest absolute Gasteiger partial charge is 0.0795 e. The van der Waals surface area contributed by atoms with Gasteiger partial charge in [0, 0.05) is 31.0 Å². The van der Waals surface area contributed by atoms with Crippen LogP contribution in [-0.2, 0) is 4.74 Å². The molecule has 0 aliphatic carbocycles. The van der Waals surface area contributed by atoms with E-state index in [0.29, 0.717) is 0 Å². The lowest BCUT2D eigenvalue weighted by Crippen LogP contribution is -2.55. The minimum atomic E-state index is 0.231. The van der Waals surface area contributed by atoms with Crippen molar-refractivity contribution in [2.45, 2.75) is 56.7 Å². The molecule has 3 aliphatic rings. The highest BCUT2D eigenvalue weighted by molar-refractivity contribution is 7.99. The summed E-state index contributed by atoms with van der Waals surface area (Å²) in [4.78, 5) is 2.79. The van der Waals surface area contributed by atoms with Crippen LogP contribution in [0.15, 0.2) is 0 Å². The van der Waals surface area contributed by atoms with E-state index in [2.05, 4.69) is 35.9 Å². The average molecular weight is 298 g/mol. The van der Waals surface area contributed by atoms with Gasteiger partial charge in [0.15, 0.2) is 0 Å². The van der Waals surface area contributed by atoms with Crippen molar-refractivity contribution in [1.29, 1.82) is 0 Å². The van der Waals surface area contributed by atoms with Crippen LogP contribution in [0.5, 0.6) is 0 Å². The van der Waals surface area contributed by atoms with Crippen LogP contribution < -0.4 is 5.32 Å². The number of nitrogens with one attached hydrogen (secondary N) is 1. The number of rotatable bonds is 3. The number of likely N-dealkylation sites (tertiary alicyclic amines) is 1. The topological polar surface area (TPSA) is 24.5 Å². The van der Waals surface area contributed by atoms with Gasteiger partial charge < -0.3 is 10.1 Å². The zero-order chi connectivity index (χ0) is 14.0. The third-order valence-electron chi connectivity index (χ3n) is 5.71. The fourth-order valence-corrected chi connectivity index (χ4v) is 5.74. The highest BCUT2D eigenvalue weighted by Crippen LogP contribution is 2.40. The lowest BCUT2D eigenvalue weighted by molar-refractivity contribution is -0.0951. The number of nitrogens with zero attached hydrogens (tertiary/aromatic N) is 1. The van der Waals surface area contributed by atoms with Crippen molar-refractivity contribution in [3.63, 3.8) is 0 Å². The van der Waals surface area contributed by atoms with Crippen LogP contribution in [0.4, 0.5) is 0 Å². The lowest BCUT2D eigenvalue weighted by Gasteiger charge is -2.47. The highest BCUT2D eigenvalue weighted by atomic mass is 32.2. The largest absolute Gasteiger partial charge is 0.374 e. The summed E-state index contributed by atoms with van der Waals surface area (Å²) in [7, 11) is 2.13. The summed E-state index contributed by atoms with van der Waals surface area (Å²) >= 11 is 2.08. The third kappa shape index (κ3) is 3.03. The highest BCUT2D eigenvalue weighted by Gasteiger charge is 2.43. The summed E-state index contributed by atoms with van der Waals surface area (Å²) in [5, 5.41) is 3.52. The Kier molecular flexibility index (Phi) is 4.96. The van der Waals surface area contributed by atoms with Crippen molar-refractivity contribution in [2.24, 2.45) is 5.92 Å². The van der Waals surface area contributed by atoms with Gasteiger partial charge in [-0.25, -0.2) is 0 Å². The molecule has 3 rings (SSSR count). The monoisotopic (exact) mass is 298 g/mol. The van der Waals surface area contributed by atoms with Crippen LogP contribution in [0.1, 0.15) is 39.0 Å². The van der Waals surface area contributed by atoms with Crippen molar-refractivity contribution in [1.82, 2.24) is 10.2 Å². The first kappa shape index (κ1) is 15.1. The number of hydrogen-bond acceptors (Lipinski definition) is 4. The molecule has 1 N–H and O–H groups in total. The second-order valence-corrected chi connectivity index (χ2v) is 7.93. The number of hydrogen-bond donors (Lipinski definition) is 1. The van der Waals surface area contributed by atoms with E-state index in [1.54, 1.807) is 0 Å². The van der Waals surface area contributed by atoms with Crippen LogP contribution in [0.2, 0.25) is 0 Å². The first-order chi connectivity index (χ1) is 9.76. The predicted octanol–water partition coefficient (Wildman–Crippen LogP) is 2.36. The molecule has 0 saturated carbocycles. The van der Waals surface area contributed by atoms with Gasteiger partial charge in [-0.1, -0.05) is 13.3 Å². The molecule has 4 heteroatoms. The molecule has 0 aromatic heterocycles. The molecule has 3 nitrogen and oxygen atoms in total. The molecule has 0 amide bonds. The van der Waals surface area contributed by atoms with Crippen LogP contribution in [0.3, 0.4) is 0 Å². The molecule has 0 radical (unpaired) electrons. The number of ether oxygens (including phenoxy) is 1. The summed E-state index contributed by atoms with van der Waals surface area (Å²) in [5.41, 5.74) is 0.231. The average Bonchev–Trinajstić information content (AvgIpc) is 2.94. The van der Waals surface area contributed by atoms with E-state index in [-0.39, 0.29) is 5.60 Å². The molecule has 4 unspecified atom stereocenters. The van der Waals surface area contributed by atoms with Crippen LogP contribution in [-0.4, -0.2) is 60.8 Å². The first-order valence-electron chi connectivity index (χ1n) is 8.39. The standard InChI is InChI=1S/C16H30N2OS/c1-3-13-11-18(7-4-15(13)17-2)14-5-8-19-16(10-14)6-9-20-12-16/h13-15,17H,3-12H2,1-2H3. The molecule has 3 fully saturated rings. The van der Waals surface area contributed by atoms with E-state index in [9.17, 15) is 0 Å². The van der Waals surface area contributed by atoms with Gasteiger partial charge in [0.1, 0.15) is 0 Å². The maximum absolute atomic E-state index is 6.18. The van der Waals surface area contributed by atoms with Crippen LogP contribution in [0, 0.1) is 5.92 Å². The fraction of sp³-hybridized carbons (Fsp3) is 1.00. The van der Waals surface area contributed by atoms with Gasteiger partial charge in [-0.3, -0.25) is 4.90 Å². The zero-order valence-corrected chi connectivity index (χ0v) is 13.9. The van der Waals surface area contributed by atoms with Crippen molar-refractivity contribution in [3.8, 4) is 0 Å². The van der Waals surface area contributed by atoms with Gasteiger partial charge in [0.05, 0.1) is 5.60 Å². The van der Waals surface area contributed by atoms with E-state index in [4.69, 9.17) is 4.74 Å². The Labute approximate surface area is 128 Å². The molecule has 0 bridgehead atoms. The Morgan fingerprint density at radius 1 is 1.40 bits per heavy atom. The number of thioether (sulfide) groups is 1. The minimum Gasteiger partial charge on any atom is -0.374 e. The summed E-state index contributed by atoms with van der Waals surface area (Å²) in [6.07, 6.45) is 6.41. The van der Waals surface area contributed by atoms with Crippen molar-refractivity contribution >= 4 is 11.8 Å². The summed E-state index contributed by atoms with van der Waals surface area (Å²) < 4.78 is 6.18. The molecule has 3 saturated heterocycles. The summed E-state index contributed by atoms with van der Waals surface area (Å²) in [6, 6.07) is 1.50. The first-order valence-corrected chi connectivity index (χ1v) is 9.55. The summed E-state index contributed by atoms with van der Waals surface area (Å²) in [6.45, 7) is 5.89. The maximum Gasteiger partial charge on any atom is 0.0795 e. The van der Waals surface area contributed by atoms with E-state index < -0.39 is 0 Å². The lowest BCUT2D eigenvalue weighted by atomic mass is 9.85. The second kappa shape index (κ2) is 6.55. The molecule has 1 spiro atoms. The van der Waals surface area contributed by atoms with Gasteiger partial charge in [0.25, 0.3) is 0 Å². The molecule has 0 aromatic carbocycles. The molecule has 20 heavy (non-hydrogen) atoms. The van der Waals surface area contributed by atoms with Crippen molar-refractivity contribution < 1.29 is 4.74 Å². The van der Waals surface area contributed by atoms with Gasteiger partial charge in [-0.2, -0.15) is 11.8 Å². The van der Waals surface area contributed by atoms with E-state index in [1.165, 1.54) is 56.7 Å². The Morgan fingerprint density at radius 3 is 3.00 bits per heavy atom. The van der Waals surface area contributed by atoms with Gasteiger partial charge >= 0.3 is 0 Å². The predicted molar refractivity (Wildman–Crippen MR) is 86.5 cm³/mol. The molecule has 0 aromatic rings. The Morgan fingerprint density at radius 2 is 2.30 bits per heavy atom. The van der Waals surface area contributed by atoms with Gasteiger partial charge in [0.2, 0.25) is 0 Å². The van der Waals surface area contributed by atoms with Crippen LogP contribution in [0.25, 0.3) is 0 Å². The van der Waals surface area contributed by atoms with Gasteiger partial charge in [-0.05, 0) is 50.9 Å². The summed E-state index contributed by atoms with van der Waals surface area (Å²) in [5.74, 6) is 3.35. The SMILES string of the molecule is CCC1CN(C2CCOC3(CCSC3)C2)CCC1NC. The van der Waals surface area contributed by atoms with E-state index >= 15 is 0 Å². The van der Waals surface area contributed by atoms with Crippen molar-refractivity contribution in [3.05, 3.63) is 0 Å². The van der Waals surface area contributed by atoms with Crippen molar-refractivity contribution in [2.75, 3.05) is 38.2 Å². The third-order valence-corrected chi connectivity index (χ3v) is 6.93. The maximum atomic E-state index is 6.18. The molecule has 4 atom stereocenters. The Bertz CT molecular complexity index is 320. The van der Waals surface area contributed by atoms with Gasteiger partial charge in [-0.15, -0.1) is 0 Å². The number of piperidine rings is 1. The quantitative estimate of drug-likeness (QED) is 0.864.